The molecule has 19 heavy (non-hydrogen) atoms. The van der Waals surface area contributed by atoms with Gasteiger partial charge in [0, 0.05) is 23.3 Å². The molecule has 0 bridgehead atoms. The molecule has 0 aromatic heterocycles. The highest BCUT2D eigenvalue weighted by molar-refractivity contribution is 8.00. The minimum atomic E-state index is -2.87. The van der Waals surface area contributed by atoms with Crippen molar-refractivity contribution in [1.29, 1.82) is 5.41 Å². The number of benzene rings is 1. The topological polar surface area (TPSA) is 93.2 Å². The molecule has 0 amide bonds. The molecule has 7 heteroatoms. The Kier molecular flexibility index (Phi) is 6.17. The van der Waals surface area contributed by atoms with Crippen LogP contribution >= 0.6 is 11.8 Å². The molecule has 0 saturated heterocycles. The van der Waals surface area contributed by atoms with Gasteiger partial charge in [-0.3, -0.25) is 5.41 Å². The molecule has 0 unspecified atom stereocenters. The summed E-state index contributed by atoms with van der Waals surface area (Å²) in [6, 6.07) is 6.98. The third-order valence-electron chi connectivity index (χ3n) is 2.26. The molecule has 1 aromatic rings. The fourth-order valence-corrected chi connectivity index (χ4v) is 3.35. The number of hydrogen-bond acceptors (Lipinski definition) is 5. The first-order valence-electron chi connectivity index (χ1n) is 5.71. The smallest absolute Gasteiger partial charge is 0.148 e. The zero-order valence-corrected chi connectivity index (χ0v) is 12.4. The van der Waals surface area contributed by atoms with Crippen LogP contribution in [-0.2, 0) is 9.84 Å². The molecule has 0 aliphatic heterocycles. The zero-order valence-electron chi connectivity index (χ0n) is 10.8. The van der Waals surface area contributed by atoms with E-state index < -0.39 is 9.84 Å². The van der Waals surface area contributed by atoms with Gasteiger partial charge in [0.15, 0.2) is 0 Å². The van der Waals surface area contributed by atoms with Gasteiger partial charge in [0.05, 0.1) is 12.4 Å². The van der Waals surface area contributed by atoms with E-state index in [0.29, 0.717) is 23.7 Å². The number of hydrogen-bond donors (Lipinski definition) is 2. The fraction of sp³-hybridized carbons (Fsp3) is 0.417. The van der Waals surface area contributed by atoms with Crippen LogP contribution in [0.4, 0.5) is 0 Å². The zero-order chi connectivity index (χ0) is 14.3. The van der Waals surface area contributed by atoms with Gasteiger partial charge < -0.3 is 10.5 Å². The van der Waals surface area contributed by atoms with Crippen molar-refractivity contribution in [3.05, 3.63) is 29.8 Å². The van der Waals surface area contributed by atoms with Crippen molar-refractivity contribution >= 4 is 27.4 Å². The maximum Gasteiger partial charge on any atom is 0.148 e. The Bertz CT molecular complexity index is 512. The second-order valence-electron chi connectivity index (χ2n) is 4.03. The summed E-state index contributed by atoms with van der Waals surface area (Å²) in [7, 11) is -2.87. The maximum absolute atomic E-state index is 10.9. The summed E-state index contributed by atoms with van der Waals surface area (Å²) in [5.41, 5.74) is 6.01. The van der Waals surface area contributed by atoms with Crippen molar-refractivity contribution in [2.24, 2.45) is 5.73 Å². The van der Waals surface area contributed by atoms with E-state index in [0.717, 1.165) is 5.75 Å². The molecule has 1 rings (SSSR count). The second kappa shape index (κ2) is 7.40. The summed E-state index contributed by atoms with van der Waals surface area (Å²) >= 11 is 1.55. The van der Waals surface area contributed by atoms with Crippen molar-refractivity contribution in [2.75, 3.05) is 30.1 Å². The molecule has 0 fully saturated rings. The van der Waals surface area contributed by atoms with Crippen LogP contribution in [0.5, 0.6) is 5.75 Å². The van der Waals surface area contributed by atoms with Gasteiger partial charge >= 0.3 is 0 Å². The Hall–Kier alpha value is -1.21. The first-order chi connectivity index (χ1) is 8.88. The van der Waals surface area contributed by atoms with Crippen LogP contribution in [0.3, 0.4) is 0 Å². The molecule has 106 valence electrons. The number of nitrogens with one attached hydrogen (secondary N) is 1. The van der Waals surface area contributed by atoms with E-state index in [9.17, 15) is 8.42 Å². The van der Waals surface area contributed by atoms with Gasteiger partial charge in [-0.1, -0.05) is 0 Å². The number of rotatable bonds is 8. The number of amidine groups is 1. The van der Waals surface area contributed by atoms with Gasteiger partial charge in [0.1, 0.15) is 21.4 Å². The molecule has 0 aliphatic rings. The largest absolute Gasteiger partial charge is 0.493 e. The normalized spacial score (nSPS) is 11.2. The van der Waals surface area contributed by atoms with Crippen LogP contribution in [-0.4, -0.2) is 44.4 Å². The molecule has 0 heterocycles. The van der Waals surface area contributed by atoms with Crippen LogP contribution in [0.25, 0.3) is 0 Å². The number of nitrogen functional groups attached to an aromatic ring is 1. The maximum atomic E-state index is 10.9. The predicted octanol–water partition coefficient (Wildman–Crippen LogP) is 1.13. The second-order valence-corrected chi connectivity index (χ2v) is 7.51. The molecule has 0 spiro atoms. The summed E-state index contributed by atoms with van der Waals surface area (Å²) < 4.78 is 27.3. The van der Waals surface area contributed by atoms with E-state index in [4.69, 9.17) is 15.9 Å². The Morgan fingerprint density at radius 2 is 1.95 bits per heavy atom. The molecular weight excluding hydrogens is 284 g/mol. The summed E-state index contributed by atoms with van der Waals surface area (Å²) in [4.78, 5) is 0. The van der Waals surface area contributed by atoms with E-state index in [1.165, 1.54) is 6.26 Å². The number of nitrogens with two attached hydrogens (primary N) is 1. The molecule has 0 aliphatic carbocycles. The first kappa shape index (κ1) is 15.8. The van der Waals surface area contributed by atoms with Gasteiger partial charge in [-0.05, 0) is 24.3 Å². The lowest BCUT2D eigenvalue weighted by Crippen LogP contribution is -2.10. The lowest BCUT2D eigenvalue weighted by Gasteiger charge is -2.06. The summed E-state index contributed by atoms with van der Waals surface area (Å²) in [5, 5.41) is 7.25. The molecule has 0 radical (unpaired) electrons. The van der Waals surface area contributed by atoms with Gasteiger partial charge in [0.2, 0.25) is 0 Å². The third kappa shape index (κ3) is 7.07. The molecular formula is C12H18N2O3S2. The van der Waals surface area contributed by atoms with E-state index in [1.54, 1.807) is 36.0 Å². The Morgan fingerprint density at radius 3 is 2.47 bits per heavy atom. The molecule has 0 saturated carbocycles. The quantitative estimate of drug-likeness (QED) is 0.426. The van der Waals surface area contributed by atoms with Crippen LogP contribution in [0.1, 0.15) is 5.56 Å². The van der Waals surface area contributed by atoms with Crippen molar-refractivity contribution < 1.29 is 13.2 Å². The minimum absolute atomic E-state index is 0.0304. The summed E-state index contributed by atoms with van der Waals surface area (Å²) in [6.45, 7) is 0.522. The Labute approximate surface area is 118 Å². The van der Waals surface area contributed by atoms with E-state index in [2.05, 4.69) is 0 Å². The van der Waals surface area contributed by atoms with E-state index in [-0.39, 0.29) is 11.6 Å². The van der Waals surface area contributed by atoms with Gasteiger partial charge in [-0.25, -0.2) is 8.42 Å². The fourth-order valence-electron chi connectivity index (χ4n) is 1.26. The van der Waals surface area contributed by atoms with E-state index in [1.807, 2.05) is 0 Å². The monoisotopic (exact) mass is 302 g/mol. The Morgan fingerprint density at radius 1 is 1.32 bits per heavy atom. The lowest BCUT2D eigenvalue weighted by molar-refractivity contribution is 0.344. The number of thioether (sulfide) groups is 1. The van der Waals surface area contributed by atoms with Gasteiger partial charge in [-0.15, -0.1) is 0 Å². The molecule has 1 aromatic carbocycles. The first-order valence-corrected chi connectivity index (χ1v) is 8.93. The van der Waals surface area contributed by atoms with Gasteiger partial charge in [-0.2, -0.15) is 11.8 Å². The average molecular weight is 302 g/mol. The van der Waals surface area contributed by atoms with Crippen LogP contribution in [0, 0.1) is 5.41 Å². The third-order valence-corrected chi connectivity index (χ3v) is 4.41. The Balaban J connectivity index is 2.21. The highest BCUT2D eigenvalue weighted by atomic mass is 32.2. The molecule has 5 nitrogen and oxygen atoms in total. The highest BCUT2D eigenvalue weighted by Gasteiger charge is 2.01. The average Bonchev–Trinajstić information content (AvgIpc) is 2.33. The van der Waals surface area contributed by atoms with Crippen molar-refractivity contribution in [3.8, 4) is 5.75 Å². The highest BCUT2D eigenvalue weighted by Crippen LogP contribution is 2.12. The number of sulfone groups is 1. The van der Waals surface area contributed by atoms with Crippen LogP contribution in [0.15, 0.2) is 24.3 Å². The van der Waals surface area contributed by atoms with Crippen molar-refractivity contribution in [2.45, 2.75) is 0 Å². The van der Waals surface area contributed by atoms with Crippen molar-refractivity contribution in [1.82, 2.24) is 0 Å². The number of ether oxygens (including phenoxy) is 1. The SMILES string of the molecule is CS(=O)(=O)CCSCCOc1ccc(C(=N)N)cc1. The molecule has 0 atom stereocenters. The molecule has 3 N–H and O–H groups in total. The standard InChI is InChI=1S/C12H18N2O3S2/c1-19(15,16)9-8-18-7-6-17-11-4-2-10(3-5-11)12(13)14/h2-5H,6-9H2,1H3,(H3,13,14). The van der Waals surface area contributed by atoms with Gasteiger partial charge in [0.25, 0.3) is 0 Å². The van der Waals surface area contributed by atoms with Crippen LogP contribution < -0.4 is 10.5 Å². The predicted molar refractivity (Wildman–Crippen MR) is 80.0 cm³/mol. The summed E-state index contributed by atoms with van der Waals surface area (Å²) in [5.74, 6) is 2.28. The van der Waals surface area contributed by atoms with Crippen LogP contribution in [0.2, 0.25) is 0 Å². The van der Waals surface area contributed by atoms with Crippen molar-refractivity contribution in [3.63, 3.8) is 0 Å². The minimum Gasteiger partial charge on any atom is -0.493 e. The summed E-state index contributed by atoms with van der Waals surface area (Å²) in [6.07, 6.45) is 1.24. The lowest BCUT2D eigenvalue weighted by atomic mass is 10.2. The van der Waals surface area contributed by atoms with E-state index >= 15 is 0 Å².